The number of ether oxygens (including phenoxy) is 2. The number of amides is 1. The van der Waals surface area contributed by atoms with Crippen molar-refractivity contribution in [3.05, 3.63) is 59.7 Å². The Labute approximate surface area is 146 Å². The third kappa shape index (κ3) is 4.73. The maximum Gasteiger partial charge on any atom is 0.251 e. The molecule has 2 aromatic carbocycles. The molecule has 1 atom stereocenters. The van der Waals surface area contributed by atoms with Gasteiger partial charge in [-0.25, -0.2) is 8.42 Å². The van der Waals surface area contributed by atoms with Gasteiger partial charge in [0.2, 0.25) is 0 Å². The molecule has 0 spiro atoms. The third-order valence-electron chi connectivity index (χ3n) is 3.70. The van der Waals surface area contributed by atoms with Crippen molar-refractivity contribution < 1.29 is 22.7 Å². The fourth-order valence-electron chi connectivity index (χ4n) is 2.53. The topological polar surface area (TPSA) is 81.7 Å². The van der Waals surface area contributed by atoms with Crippen molar-refractivity contribution in [3.63, 3.8) is 0 Å². The number of fused-ring (bicyclic) bond motifs is 1. The number of carbonyl (C=O) groups excluding carboxylic acids is 1. The summed E-state index contributed by atoms with van der Waals surface area (Å²) >= 11 is 0. The highest BCUT2D eigenvalue weighted by atomic mass is 32.2. The van der Waals surface area contributed by atoms with Crippen LogP contribution in [-0.4, -0.2) is 39.8 Å². The number of nitrogens with one attached hydrogen (secondary N) is 1. The van der Waals surface area contributed by atoms with Gasteiger partial charge >= 0.3 is 0 Å². The minimum atomic E-state index is -3.09. The quantitative estimate of drug-likeness (QED) is 0.878. The summed E-state index contributed by atoms with van der Waals surface area (Å²) in [5.41, 5.74) is 1.12. The number of hydrogen-bond acceptors (Lipinski definition) is 5. The van der Waals surface area contributed by atoms with E-state index in [0.717, 1.165) is 0 Å². The van der Waals surface area contributed by atoms with Crippen LogP contribution in [-0.2, 0) is 15.6 Å². The zero-order valence-corrected chi connectivity index (χ0v) is 14.6. The lowest BCUT2D eigenvalue weighted by atomic mass is 10.1. The van der Waals surface area contributed by atoms with E-state index in [2.05, 4.69) is 5.32 Å². The second-order valence-corrected chi connectivity index (χ2v) is 8.11. The number of carbonyl (C=O) groups is 1. The van der Waals surface area contributed by atoms with Gasteiger partial charge in [0, 0.05) is 11.8 Å². The summed E-state index contributed by atoms with van der Waals surface area (Å²) in [6, 6.07) is 13.9. The maximum atomic E-state index is 12.2. The van der Waals surface area contributed by atoms with Gasteiger partial charge in [-0.15, -0.1) is 0 Å². The van der Waals surface area contributed by atoms with E-state index in [1.165, 1.54) is 6.26 Å². The molecule has 1 amide bonds. The first-order valence-electron chi connectivity index (χ1n) is 7.84. The Hall–Kier alpha value is -2.54. The highest BCUT2D eigenvalue weighted by Crippen LogP contribution is 2.30. The normalized spacial score (nSPS) is 16.3. The van der Waals surface area contributed by atoms with Crippen molar-refractivity contribution in [2.24, 2.45) is 0 Å². The molecule has 1 aliphatic heterocycles. The molecule has 2 aromatic rings. The summed E-state index contributed by atoms with van der Waals surface area (Å²) < 4.78 is 33.9. The number of rotatable bonds is 5. The van der Waals surface area contributed by atoms with E-state index in [9.17, 15) is 13.2 Å². The van der Waals surface area contributed by atoms with E-state index in [4.69, 9.17) is 9.47 Å². The molecule has 0 aliphatic carbocycles. The number of hydrogen-bond donors (Lipinski definition) is 1. The van der Waals surface area contributed by atoms with Gasteiger partial charge in [-0.1, -0.05) is 24.3 Å². The van der Waals surface area contributed by atoms with Crippen LogP contribution in [0.1, 0.15) is 15.9 Å². The Morgan fingerprint density at radius 3 is 2.48 bits per heavy atom. The Kier molecular flexibility index (Phi) is 4.94. The second-order valence-electron chi connectivity index (χ2n) is 5.97. The van der Waals surface area contributed by atoms with Crippen LogP contribution >= 0.6 is 0 Å². The summed E-state index contributed by atoms with van der Waals surface area (Å²) in [5, 5.41) is 2.81. The van der Waals surface area contributed by atoms with Crippen LogP contribution in [0.5, 0.6) is 11.5 Å². The Morgan fingerprint density at radius 1 is 1.12 bits per heavy atom. The molecule has 7 heteroatoms. The molecule has 0 saturated carbocycles. The molecule has 25 heavy (non-hydrogen) atoms. The van der Waals surface area contributed by atoms with Crippen LogP contribution in [0.15, 0.2) is 48.5 Å². The van der Waals surface area contributed by atoms with E-state index in [-0.39, 0.29) is 17.8 Å². The monoisotopic (exact) mass is 361 g/mol. The van der Waals surface area contributed by atoms with Gasteiger partial charge in [0.05, 0.1) is 12.3 Å². The Morgan fingerprint density at radius 2 is 1.80 bits per heavy atom. The lowest BCUT2D eigenvalue weighted by Crippen LogP contribution is -2.40. The summed E-state index contributed by atoms with van der Waals surface area (Å²) in [5.74, 6) is 1.08. The first-order chi connectivity index (χ1) is 11.9. The molecule has 1 aliphatic rings. The van der Waals surface area contributed by atoms with Gasteiger partial charge in [-0.2, -0.15) is 0 Å². The van der Waals surface area contributed by atoms with Crippen molar-refractivity contribution in [2.75, 3.05) is 19.4 Å². The predicted molar refractivity (Wildman–Crippen MR) is 93.7 cm³/mol. The van der Waals surface area contributed by atoms with Crippen LogP contribution in [0.3, 0.4) is 0 Å². The average molecular weight is 361 g/mol. The van der Waals surface area contributed by atoms with Crippen LogP contribution in [0.2, 0.25) is 0 Å². The van der Waals surface area contributed by atoms with Gasteiger partial charge in [0.1, 0.15) is 12.7 Å². The zero-order valence-electron chi connectivity index (χ0n) is 13.8. The highest BCUT2D eigenvalue weighted by molar-refractivity contribution is 7.89. The molecule has 0 saturated heterocycles. The van der Waals surface area contributed by atoms with Crippen LogP contribution in [0.25, 0.3) is 0 Å². The van der Waals surface area contributed by atoms with Crippen molar-refractivity contribution in [2.45, 2.75) is 11.9 Å². The van der Waals surface area contributed by atoms with E-state index in [1.807, 2.05) is 24.3 Å². The van der Waals surface area contributed by atoms with Gasteiger partial charge in [-0.05, 0) is 29.8 Å². The lowest BCUT2D eigenvalue weighted by Gasteiger charge is -2.26. The van der Waals surface area contributed by atoms with Crippen molar-refractivity contribution in [1.82, 2.24) is 5.32 Å². The average Bonchev–Trinajstić information content (AvgIpc) is 2.59. The number of benzene rings is 2. The Balaban J connectivity index is 1.55. The third-order valence-corrected chi connectivity index (χ3v) is 4.56. The molecule has 0 radical (unpaired) electrons. The fraction of sp³-hybridized carbons (Fsp3) is 0.278. The molecule has 6 nitrogen and oxygen atoms in total. The number of para-hydroxylation sites is 2. The van der Waals surface area contributed by atoms with Crippen LogP contribution in [0, 0.1) is 0 Å². The minimum Gasteiger partial charge on any atom is -0.486 e. The van der Waals surface area contributed by atoms with Gasteiger partial charge in [0.25, 0.3) is 5.91 Å². The SMILES string of the molecule is CS(=O)(=O)Cc1ccc(C(=O)NCC2COc3ccccc3O2)cc1. The summed E-state index contributed by atoms with van der Waals surface area (Å²) in [6.07, 6.45) is 0.918. The smallest absolute Gasteiger partial charge is 0.251 e. The Bertz CT molecular complexity index is 861. The molecule has 3 rings (SSSR count). The van der Waals surface area contributed by atoms with Crippen molar-refractivity contribution in [3.8, 4) is 11.5 Å². The molecular formula is C18H19NO5S. The van der Waals surface area contributed by atoms with Crippen molar-refractivity contribution in [1.29, 1.82) is 0 Å². The van der Waals surface area contributed by atoms with E-state index >= 15 is 0 Å². The van der Waals surface area contributed by atoms with E-state index in [1.54, 1.807) is 24.3 Å². The number of sulfone groups is 1. The van der Waals surface area contributed by atoms with E-state index in [0.29, 0.717) is 35.8 Å². The molecule has 1 unspecified atom stereocenters. The summed E-state index contributed by atoms with van der Waals surface area (Å²) in [4.78, 5) is 12.2. The molecular weight excluding hydrogens is 342 g/mol. The molecule has 1 N–H and O–H groups in total. The van der Waals surface area contributed by atoms with E-state index < -0.39 is 9.84 Å². The van der Waals surface area contributed by atoms with Crippen LogP contribution in [0.4, 0.5) is 0 Å². The first-order valence-corrected chi connectivity index (χ1v) is 9.90. The molecule has 0 aromatic heterocycles. The lowest BCUT2D eigenvalue weighted by molar-refractivity contribution is 0.0789. The molecule has 132 valence electrons. The van der Waals surface area contributed by atoms with Crippen molar-refractivity contribution >= 4 is 15.7 Å². The van der Waals surface area contributed by atoms with Crippen LogP contribution < -0.4 is 14.8 Å². The van der Waals surface area contributed by atoms with Gasteiger partial charge in [0.15, 0.2) is 21.3 Å². The highest BCUT2D eigenvalue weighted by Gasteiger charge is 2.21. The summed E-state index contributed by atoms with van der Waals surface area (Å²) in [7, 11) is -3.09. The minimum absolute atomic E-state index is 0.0401. The molecule has 1 heterocycles. The maximum absolute atomic E-state index is 12.2. The largest absolute Gasteiger partial charge is 0.486 e. The molecule has 0 bridgehead atoms. The summed E-state index contributed by atoms with van der Waals surface area (Å²) in [6.45, 7) is 0.683. The molecule has 0 fully saturated rings. The second kappa shape index (κ2) is 7.14. The predicted octanol–water partition coefficient (Wildman–Crippen LogP) is 1.80. The van der Waals surface area contributed by atoms with Gasteiger partial charge in [-0.3, -0.25) is 4.79 Å². The van der Waals surface area contributed by atoms with Gasteiger partial charge < -0.3 is 14.8 Å². The fourth-order valence-corrected chi connectivity index (χ4v) is 3.33. The standard InChI is InChI=1S/C18H19NO5S/c1-25(21,22)12-13-6-8-14(9-7-13)18(20)19-10-15-11-23-16-4-2-3-5-17(16)24-15/h2-9,15H,10-12H2,1H3,(H,19,20). The zero-order chi connectivity index (χ0) is 17.9. The first kappa shape index (κ1) is 17.3.